The normalized spacial score (nSPS) is 16.0. The molecule has 0 unspecified atom stereocenters. The minimum atomic E-state index is -3.66. The zero-order chi connectivity index (χ0) is 18.7. The molecule has 5 nitrogen and oxygen atoms in total. The molecule has 1 fully saturated rings. The van der Waals surface area contributed by atoms with E-state index in [4.69, 9.17) is 23.2 Å². The Morgan fingerprint density at radius 1 is 1.15 bits per heavy atom. The summed E-state index contributed by atoms with van der Waals surface area (Å²) in [4.78, 5) is 6.41. The quantitative estimate of drug-likeness (QED) is 0.807. The lowest BCUT2D eigenvalue weighted by Crippen LogP contribution is -2.38. The first kappa shape index (κ1) is 19.4. The highest BCUT2D eigenvalue weighted by molar-refractivity contribution is 7.89. The fourth-order valence-corrected chi connectivity index (χ4v) is 5.04. The van der Waals surface area contributed by atoms with Crippen LogP contribution in [0.25, 0.3) is 0 Å². The molecule has 0 aliphatic carbocycles. The molecule has 0 bridgehead atoms. The van der Waals surface area contributed by atoms with Crippen LogP contribution in [-0.2, 0) is 10.0 Å². The van der Waals surface area contributed by atoms with E-state index in [2.05, 4.69) is 14.6 Å². The molecular formula is C18H21Cl2N3O2S. The highest BCUT2D eigenvalue weighted by Crippen LogP contribution is 2.28. The van der Waals surface area contributed by atoms with Crippen LogP contribution in [0.2, 0.25) is 10.0 Å². The highest BCUT2D eigenvalue weighted by Gasteiger charge is 2.24. The van der Waals surface area contributed by atoms with Gasteiger partial charge in [-0.1, -0.05) is 23.2 Å². The van der Waals surface area contributed by atoms with Crippen LogP contribution in [0.15, 0.2) is 41.6 Å². The lowest BCUT2D eigenvalue weighted by Gasteiger charge is -2.33. The van der Waals surface area contributed by atoms with E-state index in [1.807, 2.05) is 12.1 Å². The molecule has 1 aromatic heterocycles. The lowest BCUT2D eigenvalue weighted by molar-refractivity contribution is 0.402. The molecule has 0 saturated carbocycles. The van der Waals surface area contributed by atoms with Crippen molar-refractivity contribution in [1.29, 1.82) is 0 Å². The number of hydrogen-bond acceptors (Lipinski definition) is 4. The van der Waals surface area contributed by atoms with Crippen LogP contribution in [0.3, 0.4) is 0 Å². The minimum Gasteiger partial charge on any atom is -0.371 e. The minimum absolute atomic E-state index is 0.0790. The first-order chi connectivity index (χ1) is 12.4. The highest BCUT2D eigenvalue weighted by atomic mass is 35.5. The van der Waals surface area contributed by atoms with Gasteiger partial charge in [0.1, 0.15) is 4.90 Å². The molecule has 2 aromatic rings. The van der Waals surface area contributed by atoms with Gasteiger partial charge in [0.05, 0.1) is 5.02 Å². The van der Waals surface area contributed by atoms with Crippen LogP contribution in [0.5, 0.6) is 0 Å². The number of halogens is 2. The van der Waals surface area contributed by atoms with Crippen molar-refractivity contribution in [2.45, 2.75) is 24.7 Å². The van der Waals surface area contributed by atoms with E-state index in [0.29, 0.717) is 23.0 Å². The van der Waals surface area contributed by atoms with E-state index >= 15 is 0 Å². The molecule has 8 heteroatoms. The Labute approximate surface area is 164 Å². The number of anilines is 1. The monoisotopic (exact) mass is 413 g/mol. The average Bonchev–Trinajstić information content (AvgIpc) is 2.64. The summed E-state index contributed by atoms with van der Waals surface area (Å²) in [6, 6.07) is 6.97. The van der Waals surface area contributed by atoms with Crippen LogP contribution in [-0.4, -0.2) is 33.0 Å². The Balaban J connectivity index is 1.59. The van der Waals surface area contributed by atoms with Gasteiger partial charge < -0.3 is 4.90 Å². The fraction of sp³-hybridized carbons (Fsp3) is 0.389. The van der Waals surface area contributed by atoms with Crippen molar-refractivity contribution >= 4 is 38.9 Å². The molecular weight excluding hydrogens is 393 g/mol. The number of rotatable bonds is 5. The predicted octanol–water partition coefficient (Wildman–Crippen LogP) is 3.89. The van der Waals surface area contributed by atoms with Crippen molar-refractivity contribution in [3.05, 3.63) is 52.3 Å². The van der Waals surface area contributed by atoms with E-state index in [1.165, 1.54) is 12.1 Å². The summed E-state index contributed by atoms with van der Waals surface area (Å²) >= 11 is 12.1. The van der Waals surface area contributed by atoms with Crippen molar-refractivity contribution in [2.75, 3.05) is 24.5 Å². The maximum absolute atomic E-state index is 12.6. The zero-order valence-electron chi connectivity index (χ0n) is 14.5. The van der Waals surface area contributed by atoms with Gasteiger partial charge in [0.15, 0.2) is 0 Å². The molecule has 0 atom stereocenters. The third-order valence-corrected chi connectivity index (χ3v) is 7.00. The first-order valence-corrected chi connectivity index (χ1v) is 10.7. The number of nitrogens with zero attached hydrogens (tertiary/aromatic N) is 2. The van der Waals surface area contributed by atoms with E-state index in [-0.39, 0.29) is 9.92 Å². The van der Waals surface area contributed by atoms with Gasteiger partial charge in [0.2, 0.25) is 10.0 Å². The summed E-state index contributed by atoms with van der Waals surface area (Å²) in [7, 11) is -3.66. The third-order valence-electron chi connectivity index (χ3n) is 4.71. The molecule has 0 amide bonds. The number of piperidine rings is 1. The zero-order valence-corrected chi connectivity index (χ0v) is 16.8. The Morgan fingerprint density at radius 2 is 1.81 bits per heavy atom. The van der Waals surface area contributed by atoms with E-state index < -0.39 is 10.0 Å². The smallest absolute Gasteiger partial charge is 0.242 e. The van der Waals surface area contributed by atoms with Gasteiger partial charge in [-0.05, 0) is 55.5 Å². The maximum Gasteiger partial charge on any atom is 0.242 e. The number of aryl methyl sites for hydroxylation is 1. The molecule has 3 rings (SSSR count). The molecule has 140 valence electrons. The molecule has 26 heavy (non-hydrogen) atoms. The van der Waals surface area contributed by atoms with Crippen molar-refractivity contribution in [3.63, 3.8) is 0 Å². The molecule has 1 N–H and O–H groups in total. The molecule has 2 heterocycles. The van der Waals surface area contributed by atoms with Gasteiger partial charge in [-0.2, -0.15) is 0 Å². The second-order valence-corrected chi connectivity index (χ2v) is 9.07. The third kappa shape index (κ3) is 4.49. The molecule has 0 spiro atoms. The van der Waals surface area contributed by atoms with Crippen LogP contribution < -0.4 is 9.62 Å². The topological polar surface area (TPSA) is 62.3 Å². The second-order valence-electron chi connectivity index (χ2n) is 6.52. The Kier molecular flexibility index (Phi) is 6.07. The van der Waals surface area contributed by atoms with Crippen molar-refractivity contribution < 1.29 is 8.42 Å². The summed E-state index contributed by atoms with van der Waals surface area (Å²) in [5.74, 6) is 0.301. The van der Waals surface area contributed by atoms with E-state index in [9.17, 15) is 8.42 Å². The Hall–Kier alpha value is -1.34. The summed E-state index contributed by atoms with van der Waals surface area (Å²) in [5, 5.41) is 0.595. The van der Waals surface area contributed by atoms with Crippen LogP contribution in [0.1, 0.15) is 18.4 Å². The van der Waals surface area contributed by atoms with Crippen molar-refractivity contribution in [1.82, 2.24) is 9.71 Å². The summed E-state index contributed by atoms with van der Waals surface area (Å²) in [6.07, 6.45) is 5.43. The molecule has 1 aromatic carbocycles. The number of pyridine rings is 1. The molecule has 0 radical (unpaired) electrons. The van der Waals surface area contributed by atoms with Gasteiger partial charge >= 0.3 is 0 Å². The van der Waals surface area contributed by atoms with Gasteiger partial charge in [0.25, 0.3) is 0 Å². The van der Waals surface area contributed by atoms with Gasteiger partial charge in [0, 0.05) is 42.7 Å². The number of sulfonamides is 1. The first-order valence-electron chi connectivity index (χ1n) is 8.47. The van der Waals surface area contributed by atoms with Gasteiger partial charge in [-0.15, -0.1) is 0 Å². The maximum atomic E-state index is 12.6. The van der Waals surface area contributed by atoms with Gasteiger partial charge in [-0.25, -0.2) is 13.1 Å². The largest absolute Gasteiger partial charge is 0.371 e. The molecule has 1 saturated heterocycles. The van der Waals surface area contributed by atoms with Gasteiger partial charge in [-0.3, -0.25) is 4.98 Å². The van der Waals surface area contributed by atoms with Crippen LogP contribution in [0, 0.1) is 12.8 Å². The summed E-state index contributed by atoms with van der Waals surface area (Å²) < 4.78 is 27.9. The van der Waals surface area contributed by atoms with E-state index in [0.717, 1.165) is 31.6 Å². The molecule has 1 aliphatic heterocycles. The number of aromatic nitrogens is 1. The van der Waals surface area contributed by atoms with Crippen molar-refractivity contribution in [3.8, 4) is 0 Å². The lowest BCUT2D eigenvalue weighted by atomic mass is 9.97. The predicted molar refractivity (Wildman–Crippen MR) is 106 cm³/mol. The van der Waals surface area contributed by atoms with Crippen LogP contribution in [0.4, 0.5) is 5.69 Å². The van der Waals surface area contributed by atoms with E-state index in [1.54, 1.807) is 19.3 Å². The Morgan fingerprint density at radius 3 is 2.46 bits per heavy atom. The molecule has 1 aliphatic rings. The second kappa shape index (κ2) is 8.13. The average molecular weight is 414 g/mol. The van der Waals surface area contributed by atoms with Crippen LogP contribution >= 0.6 is 23.2 Å². The SMILES string of the molecule is Cc1cc(S(=O)(=O)NCC2CCN(c3ccncc3)CC2)c(Cl)cc1Cl. The summed E-state index contributed by atoms with van der Waals surface area (Å²) in [5.41, 5.74) is 1.84. The van der Waals surface area contributed by atoms with Crippen molar-refractivity contribution in [2.24, 2.45) is 5.92 Å². The number of nitrogens with one attached hydrogen (secondary N) is 1. The number of benzene rings is 1. The number of hydrogen-bond donors (Lipinski definition) is 1. The Bertz CT molecular complexity index is 868. The fourth-order valence-electron chi connectivity index (χ4n) is 3.09. The standard InChI is InChI=1S/C18H21Cl2N3O2S/c1-13-10-18(17(20)11-16(13)19)26(24,25)22-12-14-4-8-23(9-5-14)15-2-6-21-7-3-15/h2-3,6-7,10-11,14,22H,4-5,8-9,12H2,1H3. The summed E-state index contributed by atoms with van der Waals surface area (Å²) in [6.45, 7) is 3.96.